The average Bonchev–Trinajstić information content (AvgIpc) is 3.58. The Bertz CT molecular complexity index is 2020. The maximum atomic E-state index is 11.0. The molecule has 0 fully saturated rings. The number of hydrogen-bond donors (Lipinski definition) is 2. The molecule has 2 aliphatic rings. The van der Waals surface area contributed by atoms with Gasteiger partial charge >= 0.3 is 0 Å². The molecular weight excluding hydrogens is 534 g/mol. The van der Waals surface area contributed by atoms with E-state index in [1.807, 2.05) is 6.07 Å². The van der Waals surface area contributed by atoms with Crippen LogP contribution in [-0.2, 0) is 35.3 Å². The largest absolute Gasteiger partial charge is 0.341 e. The standard InChI is InChI=1S/C32H24N4O2P2/c37-15-39-31-33-27-9-4-19(14-29(27)35-31)17-1-2-18-13-26-20(12-21(18)11-17)3-5-22-23-8-10-28-30(25(23)7-6-24(22)26)36-32(34-28)40-16-38/h1-2,4,6-7,9,11-16,39-40H,3,5,8,10H2,(H,33,35)(H,34,36). The van der Waals surface area contributed by atoms with Crippen molar-refractivity contribution in [2.75, 3.05) is 0 Å². The topological polar surface area (TPSA) is 91.5 Å². The molecule has 0 amide bonds. The van der Waals surface area contributed by atoms with E-state index in [1.165, 1.54) is 44.2 Å². The van der Waals surface area contributed by atoms with E-state index < -0.39 is 0 Å². The van der Waals surface area contributed by atoms with Gasteiger partial charge in [0.15, 0.2) is 0 Å². The van der Waals surface area contributed by atoms with Crippen molar-refractivity contribution in [3.05, 3.63) is 83.0 Å². The highest BCUT2D eigenvalue weighted by Gasteiger charge is 2.27. The van der Waals surface area contributed by atoms with Crippen LogP contribution in [0.15, 0.2) is 60.7 Å². The number of carbonyl (C=O) groups is 2. The summed E-state index contributed by atoms with van der Waals surface area (Å²) in [6.07, 6.45) is 3.98. The minimum Gasteiger partial charge on any atom is -0.341 e. The number of fused-ring (bicyclic) bond motifs is 9. The van der Waals surface area contributed by atoms with Crippen LogP contribution in [0.4, 0.5) is 0 Å². The van der Waals surface area contributed by atoms with Crippen LogP contribution >= 0.6 is 17.2 Å². The summed E-state index contributed by atoms with van der Waals surface area (Å²) in [5.74, 6) is 0. The Morgan fingerprint density at radius 2 is 1.40 bits per heavy atom. The van der Waals surface area contributed by atoms with Gasteiger partial charge in [0.1, 0.15) is 23.2 Å². The zero-order chi connectivity index (χ0) is 26.8. The molecule has 0 bridgehead atoms. The smallest absolute Gasteiger partial charge is 0.146 e. The molecule has 2 heterocycles. The third kappa shape index (κ3) is 3.78. The molecule has 0 spiro atoms. The second kappa shape index (κ2) is 9.30. The minimum absolute atomic E-state index is 0.0415. The highest BCUT2D eigenvalue weighted by molar-refractivity contribution is 7.62. The Morgan fingerprint density at radius 1 is 0.650 bits per heavy atom. The predicted octanol–water partition coefficient (Wildman–Crippen LogP) is 5.63. The van der Waals surface area contributed by atoms with E-state index >= 15 is 0 Å². The Labute approximate surface area is 233 Å². The normalized spacial score (nSPS) is 14.1. The van der Waals surface area contributed by atoms with E-state index in [0.717, 1.165) is 82.4 Å². The summed E-state index contributed by atoms with van der Waals surface area (Å²) >= 11 is 0. The Morgan fingerprint density at radius 3 is 2.27 bits per heavy atom. The third-order valence-corrected chi connectivity index (χ3v) is 9.55. The first kappa shape index (κ1) is 23.9. The monoisotopic (exact) mass is 558 g/mol. The Kier molecular flexibility index (Phi) is 5.55. The number of nitrogens with zero attached hydrogens (tertiary/aromatic N) is 2. The fourth-order valence-corrected chi connectivity index (χ4v) is 7.50. The second-order valence-electron chi connectivity index (χ2n) is 10.4. The van der Waals surface area contributed by atoms with Gasteiger partial charge in [0, 0.05) is 28.4 Å². The maximum Gasteiger partial charge on any atom is 0.146 e. The summed E-state index contributed by atoms with van der Waals surface area (Å²) in [7, 11) is 0.112. The van der Waals surface area contributed by atoms with E-state index in [-0.39, 0.29) is 17.2 Å². The van der Waals surface area contributed by atoms with Crippen LogP contribution in [0.5, 0.6) is 0 Å². The first-order chi connectivity index (χ1) is 19.7. The highest BCUT2D eigenvalue weighted by atomic mass is 31.1. The maximum absolute atomic E-state index is 11.0. The molecule has 0 saturated heterocycles. The van der Waals surface area contributed by atoms with Crippen molar-refractivity contribution in [3.8, 4) is 33.5 Å². The fourth-order valence-electron chi connectivity index (χ4n) is 6.48. The zero-order valence-electron chi connectivity index (χ0n) is 21.5. The van der Waals surface area contributed by atoms with Crippen LogP contribution < -0.4 is 11.1 Å². The number of benzene rings is 4. The summed E-state index contributed by atoms with van der Waals surface area (Å²) < 4.78 is 0. The number of rotatable bonds is 5. The number of imidazole rings is 2. The van der Waals surface area contributed by atoms with E-state index in [9.17, 15) is 9.59 Å². The lowest BCUT2D eigenvalue weighted by atomic mass is 9.78. The molecule has 0 aliphatic heterocycles. The van der Waals surface area contributed by atoms with Gasteiger partial charge < -0.3 is 9.97 Å². The number of nitrogens with one attached hydrogen (secondary N) is 2. The summed E-state index contributed by atoms with van der Waals surface area (Å²) in [4.78, 5) is 37.9. The minimum atomic E-state index is 0.0415. The summed E-state index contributed by atoms with van der Waals surface area (Å²) in [6.45, 7) is 0. The van der Waals surface area contributed by atoms with Gasteiger partial charge in [-0.2, -0.15) is 0 Å². The second-order valence-corrected chi connectivity index (χ2v) is 12.4. The highest BCUT2D eigenvalue weighted by Crippen LogP contribution is 2.43. The first-order valence-corrected chi connectivity index (χ1v) is 15.6. The molecule has 40 heavy (non-hydrogen) atoms. The number of aromatic nitrogens is 4. The molecule has 2 unspecified atom stereocenters. The van der Waals surface area contributed by atoms with Crippen molar-refractivity contribution in [1.29, 1.82) is 0 Å². The molecule has 8 rings (SSSR count). The van der Waals surface area contributed by atoms with Crippen LogP contribution in [0.2, 0.25) is 0 Å². The van der Waals surface area contributed by atoms with Gasteiger partial charge in [-0.15, -0.1) is 0 Å². The van der Waals surface area contributed by atoms with Crippen LogP contribution in [0.1, 0.15) is 22.4 Å². The van der Waals surface area contributed by atoms with Gasteiger partial charge in [-0.25, -0.2) is 9.97 Å². The molecule has 8 heteroatoms. The van der Waals surface area contributed by atoms with Crippen LogP contribution in [0, 0.1) is 0 Å². The third-order valence-electron chi connectivity index (χ3n) is 8.29. The Hall–Kier alpha value is -3.98. The lowest BCUT2D eigenvalue weighted by molar-refractivity contribution is 0.569. The molecule has 194 valence electrons. The summed E-state index contributed by atoms with van der Waals surface area (Å²) in [5, 5.41) is 2.48. The van der Waals surface area contributed by atoms with Gasteiger partial charge in [0.05, 0.1) is 16.7 Å². The molecule has 6 nitrogen and oxygen atoms in total. The predicted molar refractivity (Wildman–Crippen MR) is 166 cm³/mol. The van der Waals surface area contributed by atoms with Gasteiger partial charge in [0.25, 0.3) is 0 Å². The average molecular weight is 559 g/mol. The van der Waals surface area contributed by atoms with Crippen molar-refractivity contribution >= 4 is 62.2 Å². The zero-order valence-corrected chi connectivity index (χ0v) is 23.5. The van der Waals surface area contributed by atoms with Gasteiger partial charge in [-0.3, -0.25) is 9.59 Å². The van der Waals surface area contributed by atoms with E-state index in [4.69, 9.17) is 4.98 Å². The van der Waals surface area contributed by atoms with Crippen molar-refractivity contribution in [2.24, 2.45) is 0 Å². The molecule has 2 atom stereocenters. The SMILES string of the molecule is O=CPc1nc2c([nH]1)CCc1c-2ccc2c1CCc1cc3cc(-c4ccc5nc(PC=O)[nH]c5c4)ccc3cc1-2. The molecule has 2 aliphatic carbocycles. The lowest BCUT2D eigenvalue weighted by Crippen LogP contribution is -2.12. The van der Waals surface area contributed by atoms with E-state index in [0.29, 0.717) is 0 Å². The molecule has 2 N–H and O–H groups in total. The molecule has 6 aromatic rings. The number of aryl methyl sites for hydroxylation is 2. The first-order valence-electron chi connectivity index (χ1n) is 13.4. The van der Waals surface area contributed by atoms with Crippen molar-refractivity contribution in [1.82, 2.24) is 19.9 Å². The molecule has 4 aromatic carbocycles. The van der Waals surface area contributed by atoms with Gasteiger partial charge in [0.2, 0.25) is 0 Å². The summed E-state index contributed by atoms with van der Waals surface area (Å²) in [6, 6.07) is 24.0. The molecule has 0 saturated carbocycles. The summed E-state index contributed by atoms with van der Waals surface area (Å²) in [5.41, 5.74) is 16.0. The molecule has 2 aromatic heterocycles. The quantitative estimate of drug-likeness (QED) is 0.212. The molecule has 0 radical (unpaired) electrons. The lowest BCUT2D eigenvalue weighted by Gasteiger charge is -2.27. The van der Waals surface area contributed by atoms with Gasteiger partial charge in [-0.1, -0.05) is 36.4 Å². The molecular formula is C32H24N4O2P2. The van der Waals surface area contributed by atoms with Gasteiger partial charge in [-0.05, 0) is 99.7 Å². The van der Waals surface area contributed by atoms with Crippen LogP contribution in [0.25, 0.3) is 55.3 Å². The fraction of sp³-hybridized carbons (Fsp3) is 0.125. The number of hydrogen-bond acceptors (Lipinski definition) is 4. The number of H-pyrrole nitrogens is 2. The van der Waals surface area contributed by atoms with E-state index in [1.54, 1.807) is 0 Å². The van der Waals surface area contributed by atoms with Crippen molar-refractivity contribution in [2.45, 2.75) is 25.7 Å². The number of carbonyl (C=O) groups excluding carboxylic acids is 2. The Balaban J connectivity index is 1.18. The van der Waals surface area contributed by atoms with Crippen LogP contribution in [-0.4, -0.2) is 32.0 Å². The van der Waals surface area contributed by atoms with E-state index in [2.05, 4.69) is 69.5 Å². The number of aromatic amines is 2. The van der Waals surface area contributed by atoms with Crippen molar-refractivity contribution < 1.29 is 9.59 Å². The van der Waals surface area contributed by atoms with Crippen molar-refractivity contribution in [3.63, 3.8) is 0 Å². The van der Waals surface area contributed by atoms with Crippen LogP contribution in [0.3, 0.4) is 0 Å².